The van der Waals surface area contributed by atoms with E-state index < -0.39 is 0 Å². The minimum absolute atomic E-state index is 0.00841. The van der Waals surface area contributed by atoms with Gasteiger partial charge in [0.2, 0.25) is 0 Å². The summed E-state index contributed by atoms with van der Waals surface area (Å²) in [5.41, 5.74) is 8.87. The average Bonchev–Trinajstić information content (AvgIpc) is 3.57. The zero-order chi connectivity index (χ0) is 33.5. The van der Waals surface area contributed by atoms with E-state index in [9.17, 15) is 0 Å². The summed E-state index contributed by atoms with van der Waals surface area (Å²) in [5, 5.41) is 4.81. The lowest BCUT2D eigenvalue weighted by Crippen LogP contribution is -2.57. The molecule has 0 fully saturated rings. The van der Waals surface area contributed by atoms with Crippen molar-refractivity contribution in [2.24, 2.45) is 0 Å². The molecular weight excluding hydrogens is 641 g/mol. The zero-order valence-electron chi connectivity index (χ0n) is 27.4. The third-order valence-corrected chi connectivity index (χ3v) is 11.5. The first kappa shape index (κ1) is 28.5. The standard InChI is InChI=1S/C46H28BNO2S/c1-2-13-30(14-3-1)33-25-26-43-44(34-18-6-11-24-42(34)51-43)46(33)48(37-21-12-16-29-15-4-5-17-32(29)37)31-27-40-45-41(28-31)50-39-23-10-8-20-36(39)47(45)35-19-7-9-22-38(35)49-40/h1-28H. The molecule has 51 heavy (non-hydrogen) atoms. The van der Waals surface area contributed by atoms with Crippen LogP contribution in [-0.2, 0) is 0 Å². The van der Waals surface area contributed by atoms with Crippen molar-refractivity contribution < 1.29 is 9.47 Å². The first-order chi connectivity index (χ1) is 25.3. The zero-order valence-corrected chi connectivity index (χ0v) is 28.2. The number of ether oxygens (including phenoxy) is 2. The van der Waals surface area contributed by atoms with E-state index in [0.29, 0.717) is 0 Å². The second-order valence-corrected chi connectivity index (χ2v) is 14.3. The van der Waals surface area contributed by atoms with E-state index in [0.717, 1.165) is 73.0 Å². The van der Waals surface area contributed by atoms with Crippen molar-refractivity contribution in [3.63, 3.8) is 0 Å². The lowest BCUT2D eigenvalue weighted by atomic mass is 9.35. The minimum Gasteiger partial charge on any atom is -0.458 e. The Morgan fingerprint density at radius 3 is 1.88 bits per heavy atom. The first-order valence-corrected chi connectivity index (χ1v) is 18.1. The predicted octanol–water partition coefficient (Wildman–Crippen LogP) is 11.1. The maximum absolute atomic E-state index is 6.84. The Hall–Kier alpha value is -6.30. The molecule has 0 atom stereocenters. The highest BCUT2D eigenvalue weighted by Crippen LogP contribution is 2.52. The fraction of sp³-hybridized carbons (Fsp3) is 0. The van der Waals surface area contributed by atoms with E-state index in [-0.39, 0.29) is 6.71 Å². The maximum Gasteiger partial charge on any atom is 0.260 e. The molecular formula is C46H28BNO2S. The highest BCUT2D eigenvalue weighted by molar-refractivity contribution is 7.26. The molecule has 9 aromatic rings. The Labute approximate surface area is 299 Å². The van der Waals surface area contributed by atoms with E-state index >= 15 is 0 Å². The van der Waals surface area contributed by atoms with Gasteiger partial charge in [0.15, 0.2) is 0 Å². The number of thiophene rings is 1. The Morgan fingerprint density at radius 1 is 0.490 bits per heavy atom. The molecule has 0 radical (unpaired) electrons. The molecule has 8 aromatic carbocycles. The van der Waals surface area contributed by atoms with Crippen LogP contribution in [0.3, 0.4) is 0 Å². The van der Waals surface area contributed by atoms with Crippen LogP contribution in [0.2, 0.25) is 0 Å². The van der Waals surface area contributed by atoms with Gasteiger partial charge in [0.1, 0.15) is 23.0 Å². The molecule has 0 spiro atoms. The van der Waals surface area contributed by atoms with Crippen LogP contribution in [0.15, 0.2) is 170 Å². The molecule has 0 saturated heterocycles. The quantitative estimate of drug-likeness (QED) is 0.174. The summed E-state index contributed by atoms with van der Waals surface area (Å²) in [6.45, 7) is 0.00841. The summed E-state index contributed by atoms with van der Waals surface area (Å²) in [6, 6.07) is 60.6. The van der Waals surface area contributed by atoms with Gasteiger partial charge in [-0.25, -0.2) is 0 Å². The van der Waals surface area contributed by atoms with Crippen LogP contribution in [-0.4, -0.2) is 6.71 Å². The molecule has 3 nitrogen and oxygen atoms in total. The molecule has 11 rings (SSSR count). The summed E-state index contributed by atoms with van der Waals surface area (Å²) in [4.78, 5) is 2.45. The Kier molecular flexibility index (Phi) is 6.22. The molecule has 5 heteroatoms. The molecule has 1 aromatic heterocycles. The lowest BCUT2D eigenvalue weighted by molar-refractivity contribution is 0.465. The van der Waals surface area contributed by atoms with E-state index in [1.165, 1.54) is 25.6 Å². The van der Waals surface area contributed by atoms with Crippen LogP contribution in [0, 0.1) is 0 Å². The van der Waals surface area contributed by atoms with Gasteiger partial charge in [-0.2, -0.15) is 0 Å². The highest BCUT2D eigenvalue weighted by atomic mass is 32.1. The Bertz CT molecular complexity index is 2770. The second kappa shape index (κ2) is 11.1. The second-order valence-electron chi connectivity index (χ2n) is 13.2. The van der Waals surface area contributed by atoms with Gasteiger partial charge in [-0.15, -0.1) is 11.3 Å². The fourth-order valence-electron chi connectivity index (χ4n) is 8.18. The van der Waals surface area contributed by atoms with Crippen LogP contribution in [0.5, 0.6) is 23.0 Å². The predicted molar refractivity (Wildman–Crippen MR) is 215 cm³/mol. The molecule has 0 aliphatic carbocycles. The number of rotatable bonds is 4. The van der Waals surface area contributed by atoms with Crippen molar-refractivity contribution in [2.45, 2.75) is 0 Å². The molecule has 0 amide bonds. The number of hydrogen-bond acceptors (Lipinski definition) is 4. The number of hydrogen-bond donors (Lipinski definition) is 0. The van der Waals surface area contributed by atoms with Gasteiger partial charge < -0.3 is 14.4 Å². The van der Waals surface area contributed by atoms with E-state index in [1.807, 2.05) is 11.3 Å². The van der Waals surface area contributed by atoms with E-state index in [4.69, 9.17) is 9.47 Å². The van der Waals surface area contributed by atoms with Gasteiger partial charge in [-0.1, -0.05) is 127 Å². The van der Waals surface area contributed by atoms with Gasteiger partial charge in [0.05, 0.1) is 17.1 Å². The number of nitrogens with zero attached hydrogens (tertiary/aromatic N) is 1. The van der Waals surface area contributed by atoms with Crippen molar-refractivity contribution in [3.05, 3.63) is 170 Å². The normalized spacial score (nSPS) is 12.6. The molecule has 2 aliphatic rings. The average molecular weight is 670 g/mol. The largest absolute Gasteiger partial charge is 0.458 e. The SMILES string of the molecule is c1ccc(-c2ccc3sc4ccccc4c3c2N(c2cc3c4c(c2)Oc2ccccc2B4c2ccccc2O3)c2cccc3ccccc23)cc1. The molecule has 0 saturated carbocycles. The van der Waals surface area contributed by atoms with Crippen LogP contribution < -0.4 is 30.8 Å². The molecule has 238 valence electrons. The third kappa shape index (κ3) is 4.32. The highest BCUT2D eigenvalue weighted by Gasteiger charge is 2.40. The number of fused-ring (bicyclic) bond motifs is 8. The fourth-order valence-corrected chi connectivity index (χ4v) is 9.29. The Morgan fingerprint density at radius 2 is 1.12 bits per heavy atom. The van der Waals surface area contributed by atoms with Crippen molar-refractivity contribution in [1.82, 2.24) is 0 Å². The van der Waals surface area contributed by atoms with Crippen molar-refractivity contribution >= 4 is 82.4 Å². The molecule has 0 unspecified atom stereocenters. The summed E-state index contributed by atoms with van der Waals surface area (Å²) in [7, 11) is 0. The Balaban J connectivity index is 1.27. The summed E-state index contributed by atoms with van der Waals surface area (Å²) in [6.07, 6.45) is 0. The molecule has 3 heterocycles. The number of para-hydroxylation sites is 2. The van der Waals surface area contributed by atoms with Gasteiger partial charge in [0, 0.05) is 48.7 Å². The van der Waals surface area contributed by atoms with Gasteiger partial charge in [-0.05, 0) is 52.2 Å². The van der Waals surface area contributed by atoms with E-state index in [2.05, 4.69) is 175 Å². The van der Waals surface area contributed by atoms with Crippen LogP contribution in [0.4, 0.5) is 17.1 Å². The summed E-state index contributed by atoms with van der Waals surface area (Å²) >= 11 is 1.84. The smallest absolute Gasteiger partial charge is 0.260 e. The van der Waals surface area contributed by atoms with Gasteiger partial charge in [0.25, 0.3) is 6.71 Å². The monoisotopic (exact) mass is 669 g/mol. The summed E-state index contributed by atoms with van der Waals surface area (Å²) < 4.78 is 16.2. The van der Waals surface area contributed by atoms with E-state index in [1.54, 1.807) is 0 Å². The van der Waals surface area contributed by atoms with Gasteiger partial charge in [-0.3, -0.25) is 0 Å². The number of benzene rings is 8. The first-order valence-electron chi connectivity index (χ1n) is 17.3. The minimum atomic E-state index is 0.00841. The van der Waals surface area contributed by atoms with Crippen molar-refractivity contribution in [3.8, 4) is 34.1 Å². The molecule has 0 N–H and O–H groups in total. The van der Waals surface area contributed by atoms with Crippen LogP contribution in [0.1, 0.15) is 0 Å². The van der Waals surface area contributed by atoms with Crippen LogP contribution in [0.25, 0.3) is 42.1 Å². The summed E-state index contributed by atoms with van der Waals surface area (Å²) in [5.74, 6) is 3.38. The molecule has 0 bridgehead atoms. The third-order valence-electron chi connectivity index (χ3n) is 10.4. The molecule has 2 aliphatic heterocycles. The topological polar surface area (TPSA) is 21.7 Å². The van der Waals surface area contributed by atoms with Crippen molar-refractivity contribution in [2.75, 3.05) is 4.90 Å². The lowest BCUT2D eigenvalue weighted by Gasteiger charge is -2.35. The maximum atomic E-state index is 6.84. The van der Waals surface area contributed by atoms with Crippen LogP contribution >= 0.6 is 11.3 Å². The van der Waals surface area contributed by atoms with Crippen molar-refractivity contribution in [1.29, 1.82) is 0 Å². The number of anilines is 3. The van der Waals surface area contributed by atoms with Gasteiger partial charge >= 0.3 is 0 Å².